The van der Waals surface area contributed by atoms with Gasteiger partial charge in [0, 0.05) is 54.6 Å². The summed E-state index contributed by atoms with van der Waals surface area (Å²) in [5.74, 6) is 2.43. The Bertz CT molecular complexity index is 989. The lowest BCUT2D eigenvalue weighted by Crippen LogP contribution is -2.38. The summed E-state index contributed by atoms with van der Waals surface area (Å²) >= 11 is 1.77. The maximum Gasteiger partial charge on any atom is 0.190 e. The number of thiazole rings is 1. The van der Waals surface area contributed by atoms with Crippen molar-refractivity contribution in [3.05, 3.63) is 39.5 Å². The fraction of sp³-hybridized carbons (Fsp3) is 0.455. The summed E-state index contributed by atoms with van der Waals surface area (Å²) in [7, 11) is 5.14. The van der Waals surface area contributed by atoms with E-state index in [4.69, 9.17) is 9.47 Å². The molecule has 3 aromatic rings. The minimum absolute atomic E-state index is 0.785. The quantitative estimate of drug-likeness (QED) is 0.275. The molecular weight excluding hydrogens is 398 g/mol. The zero-order valence-corrected chi connectivity index (χ0v) is 19.2. The van der Waals surface area contributed by atoms with Crippen LogP contribution in [0.25, 0.3) is 10.9 Å². The Kier molecular flexibility index (Phi) is 7.57. The normalized spacial score (nSPS) is 11.7. The second kappa shape index (κ2) is 10.3. The number of fused-ring (bicyclic) bond motifs is 1. The van der Waals surface area contributed by atoms with Crippen molar-refractivity contribution in [3.63, 3.8) is 0 Å². The molecule has 0 radical (unpaired) electrons. The van der Waals surface area contributed by atoms with Gasteiger partial charge in [-0.2, -0.15) is 0 Å². The van der Waals surface area contributed by atoms with Gasteiger partial charge in [0.1, 0.15) is 11.5 Å². The van der Waals surface area contributed by atoms with Gasteiger partial charge in [0.05, 0.1) is 30.4 Å². The van der Waals surface area contributed by atoms with E-state index in [9.17, 15) is 0 Å². The molecule has 0 spiro atoms. The summed E-state index contributed by atoms with van der Waals surface area (Å²) in [5.41, 5.74) is 3.33. The Labute approximate surface area is 181 Å². The summed E-state index contributed by atoms with van der Waals surface area (Å²) in [4.78, 5) is 13.6. The number of hydrogen-bond acceptors (Lipinski definition) is 5. The first-order chi connectivity index (χ1) is 14.5. The second-order valence-electron chi connectivity index (χ2n) is 7.11. The molecule has 3 rings (SSSR count). The molecule has 0 aliphatic heterocycles. The minimum atomic E-state index is 0.785. The Morgan fingerprint density at radius 2 is 1.90 bits per heavy atom. The van der Waals surface area contributed by atoms with E-state index >= 15 is 0 Å². The Balaban J connectivity index is 1.45. The zero-order valence-electron chi connectivity index (χ0n) is 18.4. The van der Waals surface area contributed by atoms with Crippen LogP contribution in [0.4, 0.5) is 0 Å². The maximum absolute atomic E-state index is 5.49. The molecule has 30 heavy (non-hydrogen) atoms. The predicted octanol–water partition coefficient (Wildman–Crippen LogP) is 3.60. The van der Waals surface area contributed by atoms with Gasteiger partial charge in [-0.05, 0) is 32.8 Å². The average molecular weight is 430 g/mol. The van der Waals surface area contributed by atoms with Crippen molar-refractivity contribution in [2.24, 2.45) is 4.99 Å². The molecule has 0 amide bonds. The molecule has 1 aromatic carbocycles. The summed E-state index contributed by atoms with van der Waals surface area (Å²) in [6, 6.07) is 6.06. The molecule has 7 nitrogen and oxygen atoms in total. The molecule has 162 valence electrons. The largest absolute Gasteiger partial charge is 0.497 e. The van der Waals surface area contributed by atoms with Crippen LogP contribution in [0.15, 0.2) is 23.2 Å². The van der Waals surface area contributed by atoms with Crippen molar-refractivity contribution in [3.8, 4) is 11.5 Å². The predicted molar refractivity (Wildman–Crippen MR) is 124 cm³/mol. The van der Waals surface area contributed by atoms with Crippen LogP contribution in [0.5, 0.6) is 11.5 Å². The highest BCUT2D eigenvalue weighted by Gasteiger charge is 2.09. The Morgan fingerprint density at radius 1 is 1.10 bits per heavy atom. The van der Waals surface area contributed by atoms with Crippen molar-refractivity contribution in [1.82, 2.24) is 20.6 Å². The van der Waals surface area contributed by atoms with Crippen LogP contribution in [-0.4, -0.2) is 50.3 Å². The van der Waals surface area contributed by atoms with E-state index in [0.29, 0.717) is 0 Å². The number of nitrogens with one attached hydrogen (secondary N) is 3. The molecule has 0 saturated carbocycles. The SMILES string of the molecule is CN=C(NCCCc1cc2c(OC)cc(OC)cc2[nH]1)NCCc1nc(C)c(C)s1. The second-order valence-corrected chi connectivity index (χ2v) is 8.40. The molecule has 0 unspecified atom stereocenters. The van der Waals surface area contributed by atoms with E-state index in [1.165, 1.54) is 15.6 Å². The molecule has 2 aromatic heterocycles. The van der Waals surface area contributed by atoms with E-state index < -0.39 is 0 Å². The lowest BCUT2D eigenvalue weighted by atomic mass is 10.2. The van der Waals surface area contributed by atoms with Gasteiger partial charge in [-0.15, -0.1) is 11.3 Å². The lowest BCUT2D eigenvalue weighted by molar-refractivity contribution is 0.398. The number of methoxy groups -OCH3 is 2. The fourth-order valence-electron chi connectivity index (χ4n) is 3.30. The number of aryl methyl sites for hydroxylation is 3. The van der Waals surface area contributed by atoms with Gasteiger partial charge in [-0.25, -0.2) is 4.98 Å². The van der Waals surface area contributed by atoms with Gasteiger partial charge >= 0.3 is 0 Å². The Morgan fingerprint density at radius 3 is 2.57 bits per heavy atom. The first-order valence-corrected chi connectivity index (χ1v) is 11.0. The van der Waals surface area contributed by atoms with Crippen LogP contribution >= 0.6 is 11.3 Å². The molecular formula is C22H31N5O2S. The van der Waals surface area contributed by atoms with Gasteiger partial charge in [-0.1, -0.05) is 0 Å². The molecule has 0 fully saturated rings. The average Bonchev–Trinajstić information content (AvgIpc) is 3.30. The van der Waals surface area contributed by atoms with Gasteiger partial charge in [0.15, 0.2) is 5.96 Å². The summed E-state index contributed by atoms with van der Waals surface area (Å²) < 4.78 is 10.8. The van der Waals surface area contributed by atoms with Crippen LogP contribution in [-0.2, 0) is 12.8 Å². The number of aliphatic imine (C=N–C) groups is 1. The number of ether oxygens (including phenoxy) is 2. The molecule has 8 heteroatoms. The third kappa shape index (κ3) is 5.44. The molecule has 0 aliphatic rings. The Hall–Kier alpha value is -2.74. The number of H-pyrrole nitrogens is 1. The summed E-state index contributed by atoms with van der Waals surface area (Å²) in [5, 5.41) is 8.98. The number of nitrogens with zero attached hydrogens (tertiary/aromatic N) is 2. The van der Waals surface area contributed by atoms with Crippen LogP contribution in [0.1, 0.15) is 27.7 Å². The molecule has 3 N–H and O–H groups in total. The van der Waals surface area contributed by atoms with Crippen molar-refractivity contribution >= 4 is 28.2 Å². The number of benzene rings is 1. The smallest absolute Gasteiger partial charge is 0.190 e. The van der Waals surface area contributed by atoms with Crippen LogP contribution in [0, 0.1) is 13.8 Å². The first kappa shape index (κ1) is 22.0. The highest BCUT2D eigenvalue weighted by molar-refractivity contribution is 7.11. The molecule has 0 saturated heterocycles. The van der Waals surface area contributed by atoms with Crippen molar-refractivity contribution in [2.75, 3.05) is 34.4 Å². The number of aromatic nitrogens is 2. The van der Waals surface area contributed by atoms with Crippen LogP contribution < -0.4 is 20.1 Å². The van der Waals surface area contributed by atoms with E-state index in [1.807, 2.05) is 12.1 Å². The molecule has 0 aliphatic carbocycles. The van der Waals surface area contributed by atoms with Crippen molar-refractivity contribution < 1.29 is 9.47 Å². The third-order valence-electron chi connectivity index (χ3n) is 5.03. The standard InChI is InChI=1S/C22H31N5O2S/c1-14-15(2)30-21(26-14)8-10-25-22(23-3)24-9-6-7-16-11-18-19(27-16)12-17(28-4)13-20(18)29-5/h11-13,27H,6-10H2,1-5H3,(H2,23,24,25). The topological polar surface area (TPSA) is 83.6 Å². The molecule has 0 bridgehead atoms. The van der Waals surface area contributed by atoms with Crippen molar-refractivity contribution in [2.45, 2.75) is 33.1 Å². The van der Waals surface area contributed by atoms with E-state index in [2.05, 4.69) is 45.5 Å². The van der Waals surface area contributed by atoms with Gasteiger partial charge in [-0.3, -0.25) is 4.99 Å². The van der Waals surface area contributed by atoms with Crippen LogP contribution in [0.3, 0.4) is 0 Å². The number of rotatable bonds is 9. The zero-order chi connectivity index (χ0) is 21.5. The molecule has 0 atom stereocenters. The number of aromatic amines is 1. The number of hydrogen-bond donors (Lipinski definition) is 3. The highest BCUT2D eigenvalue weighted by atomic mass is 32.1. The van der Waals surface area contributed by atoms with Gasteiger partial charge < -0.3 is 25.1 Å². The highest BCUT2D eigenvalue weighted by Crippen LogP contribution is 2.31. The summed E-state index contributed by atoms with van der Waals surface area (Å²) in [6.45, 7) is 5.83. The fourth-order valence-corrected chi connectivity index (χ4v) is 4.23. The number of guanidine groups is 1. The third-order valence-corrected chi connectivity index (χ3v) is 6.16. The van der Waals surface area contributed by atoms with Gasteiger partial charge in [0.2, 0.25) is 0 Å². The maximum atomic E-state index is 5.49. The van der Waals surface area contributed by atoms with Gasteiger partial charge in [0.25, 0.3) is 0 Å². The van der Waals surface area contributed by atoms with E-state index in [-0.39, 0.29) is 0 Å². The minimum Gasteiger partial charge on any atom is -0.497 e. The lowest BCUT2D eigenvalue weighted by Gasteiger charge is -2.11. The molecule has 2 heterocycles. The van der Waals surface area contributed by atoms with Crippen molar-refractivity contribution in [1.29, 1.82) is 0 Å². The monoisotopic (exact) mass is 429 g/mol. The van der Waals surface area contributed by atoms with Crippen LogP contribution in [0.2, 0.25) is 0 Å². The summed E-state index contributed by atoms with van der Waals surface area (Å²) in [6.07, 6.45) is 2.82. The van der Waals surface area contributed by atoms with E-state index in [0.717, 1.165) is 66.4 Å². The first-order valence-electron chi connectivity index (χ1n) is 10.1. The van der Waals surface area contributed by atoms with E-state index in [1.54, 1.807) is 32.6 Å².